The topological polar surface area (TPSA) is 68.1 Å². The summed E-state index contributed by atoms with van der Waals surface area (Å²) in [4.78, 5) is 14.0. The van der Waals surface area contributed by atoms with Crippen molar-refractivity contribution < 1.29 is 9.31 Å². The second-order valence-electron chi connectivity index (χ2n) is 4.40. The SMILES string of the molecule is C[C@@H](NCc1cccc([N+](=O)[O-])c1F)c1cccnc1. The standard InChI is InChI=1S/C14H14FN3O2/c1-10(11-5-3-7-16-8-11)17-9-12-4-2-6-13(14(12)15)18(19)20/h2-8,10,17H,9H2,1H3/t10-/m1/s1. The average molecular weight is 275 g/mol. The lowest BCUT2D eigenvalue weighted by Gasteiger charge is -2.14. The van der Waals surface area contributed by atoms with Gasteiger partial charge in [-0.1, -0.05) is 18.2 Å². The van der Waals surface area contributed by atoms with Gasteiger partial charge in [-0.05, 0) is 18.6 Å². The summed E-state index contributed by atoms with van der Waals surface area (Å²) < 4.78 is 13.9. The van der Waals surface area contributed by atoms with Gasteiger partial charge in [0.15, 0.2) is 0 Å². The lowest BCUT2D eigenvalue weighted by atomic mass is 10.1. The van der Waals surface area contributed by atoms with Crippen LogP contribution in [0.4, 0.5) is 10.1 Å². The maximum atomic E-state index is 13.9. The van der Waals surface area contributed by atoms with Crippen molar-refractivity contribution in [2.75, 3.05) is 0 Å². The Morgan fingerprint density at radius 1 is 1.40 bits per heavy atom. The molecule has 1 atom stereocenters. The first-order valence-electron chi connectivity index (χ1n) is 6.14. The zero-order valence-corrected chi connectivity index (χ0v) is 10.9. The lowest BCUT2D eigenvalue weighted by molar-refractivity contribution is -0.387. The highest BCUT2D eigenvalue weighted by atomic mass is 19.1. The Kier molecular flexibility index (Phi) is 4.37. The smallest absolute Gasteiger partial charge is 0.305 e. The van der Waals surface area contributed by atoms with Crippen molar-refractivity contribution in [3.05, 3.63) is 69.8 Å². The predicted octanol–water partition coefficient (Wildman–Crippen LogP) is 2.98. The number of nitrogens with zero attached hydrogens (tertiary/aromatic N) is 2. The van der Waals surface area contributed by atoms with Crippen molar-refractivity contribution in [1.29, 1.82) is 0 Å². The Labute approximate surface area is 115 Å². The molecule has 0 bridgehead atoms. The zero-order valence-electron chi connectivity index (χ0n) is 10.9. The van der Waals surface area contributed by atoms with Crippen molar-refractivity contribution in [2.24, 2.45) is 0 Å². The molecular weight excluding hydrogens is 261 g/mol. The van der Waals surface area contributed by atoms with Crippen LogP contribution < -0.4 is 5.32 Å². The van der Waals surface area contributed by atoms with Crippen molar-refractivity contribution in [2.45, 2.75) is 19.5 Å². The molecule has 0 aliphatic carbocycles. The van der Waals surface area contributed by atoms with E-state index in [4.69, 9.17) is 0 Å². The monoisotopic (exact) mass is 275 g/mol. The number of rotatable bonds is 5. The molecule has 0 fully saturated rings. The molecule has 2 aromatic rings. The van der Waals surface area contributed by atoms with E-state index in [9.17, 15) is 14.5 Å². The van der Waals surface area contributed by atoms with Gasteiger partial charge in [0.25, 0.3) is 0 Å². The number of pyridine rings is 1. The second-order valence-corrected chi connectivity index (χ2v) is 4.40. The molecule has 0 saturated carbocycles. The van der Waals surface area contributed by atoms with Gasteiger partial charge in [0.2, 0.25) is 5.82 Å². The molecule has 0 saturated heterocycles. The minimum absolute atomic E-state index is 0.0256. The predicted molar refractivity (Wildman–Crippen MR) is 72.5 cm³/mol. The van der Waals surface area contributed by atoms with Crippen LogP contribution in [0.3, 0.4) is 0 Å². The van der Waals surface area contributed by atoms with Gasteiger partial charge in [0.05, 0.1) is 4.92 Å². The van der Waals surface area contributed by atoms with E-state index in [-0.39, 0.29) is 18.2 Å². The number of nitro groups is 1. The fraction of sp³-hybridized carbons (Fsp3) is 0.214. The minimum Gasteiger partial charge on any atom is -0.306 e. The Hall–Kier alpha value is -2.34. The van der Waals surface area contributed by atoms with Gasteiger partial charge in [0.1, 0.15) is 0 Å². The van der Waals surface area contributed by atoms with Crippen LogP contribution in [0.5, 0.6) is 0 Å². The van der Waals surface area contributed by atoms with Crippen molar-refractivity contribution in [1.82, 2.24) is 10.3 Å². The number of nitrogens with one attached hydrogen (secondary N) is 1. The summed E-state index contributed by atoms with van der Waals surface area (Å²) in [5.74, 6) is -0.789. The summed E-state index contributed by atoms with van der Waals surface area (Å²) in [6.07, 6.45) is 3.40. The van der Waals surface area contributed by atoms with Gasteiger partial charge in [-0.15, -0.1) is 0 Å². The van der Waals surface area contributed by atoms with E-state index in [0.717, 1.165) is 11.6 Å². The molecule has 1 N–H and O–H groups in total. The first-order chi connectivity index (χ1) is 9.59. The molecule has 1 heterocycles. The Balaban J connectivity index is 2.08. The minimum atomic E-state index is -0.789. The van der Waals surface area contributed by atoms with Crippen LogP contribution in [0.2, 0.25) is 0 Å². The second kappa shape index (κ2) is 6.21. The molecule has 0 radical (unpaired) electrons. The lowest BCUT2D eigenvalue weighted by Crippen LogP contribution is -2.19. The van der Waals surface area contributed by atoms with E-state index in [1.54, 1.807) is 12.4 Å². The highest BCUT2D eigenvalue weighted by Gasteiger charge is 2.17. The summed E-state index contributed by atoms with van der Waals surface area (Å²) in [6.45, 7) is 2.13. The molecule has 0 unspecified atom stereocenters. The summed E-state index contributed by atoms with van der Waals surface area (Å²) >= 11 is 0. The van der Waals surface area contributed by atoms with Gasteiger partial charge in [0, 0.05) is 36.6 Å². The molecule has 1 aromatic carbocycles. The molecule has 104 valence electrons. The molecule has 5 nitrogen and oxygen atoms in total. The van der Waals surface area contributed by atoms with E-state index in [1.165, 1.54) is 12.1 Å². The number of aromatic nitrogens is 1. The molecule has 0 spiro atoms. The maximum absolute atomic E-state index is 13.9. The molecule has 0 aliphatic rings. The third kappa shape index (κ3) is 3.16. The van der Waals surface area contributed by atoms with Crippen LogP contribution in [0.15, 0.2) is 42.7 Å². The summed E-state index contributed by atoms with van der Waals surface area (Å²) in [5, 5.41) is 13.8. The van der Waals surface area contributed by atoms with Crippen molar-refractivity contribution >= 4 is 5.69 Å². The van der Waals surface area contributed by atoms with Gasteiger partial charge in [-0.25, -0.2) is 0 Å². The van der Waals surface area contributed by atoms with Crippen molar-refractivity contribution in [3.8, 4) is 0 Å². The fourth-order valence-electron chi connectivity index (χ4n) is 1.86. The molecule has 2 rings (SSSR count). The zero-order chi connectivity index (χ0) is 14.5. The number of benzene rings is 1. The number of hydrogen-bond donors (Lipinski definition) is 1. The molecular formula is C14H14FN3O2. The van der Waals surface area contributed by atoms with Crippen molar-refractivity contribution in [3.63, 3.8) is 0 Å². The highest BCUT2D eigenvalue weighted by molar-refractivity contribution is 5.36. The highest BCUT2D eigenvalue weighted by Crippen LogP contribution is 2.21. The van der Waals surface area contributed by atoms with Gasteiger partial charge in [-0.3, -0.25) is 15.1 Å². The number of hydrogen-bond acceptors (Lipinski definition) is 4. The number of halogens is 1. The van der Waals surface area contributed by atoms with Gasteiger partial charge >= 0.3 is 5.69 Å². The Morgan fingerprint density at radius 3 is 2.85 bits per heavy atom. The Bertz CT molecular complexity index is 605. The Morgan fingerprint density at radius 2 is 2.20 bits per heavy atom. The van der Waals surface area contributed by atoms with E-state index in [1.807, 2.05) is 19.1 Å². The normalized spacial score (nSPS) is 12.1. The van der Waals surface area contributed by atoms with Crippen LogP contribution >= 0.6 is 0 Å². The molecule has 1 aromatic heterocycles. The molecule has 0 amide bonds. The third-order valence-electron chi connectivity index (χ3n) is 3.04. The van der Waals surface area contributed by atoms with Crippen LogP contribution in [0.25, 0.3) is 0 Å². The molecule has 20 heavy (non-hydrogen) atoms. The maximum Gasteiger partial charge on any atom is 0.305 e. The van der Waals surface area contributed by atoms with Crippen LogP contribution in [-0.2, 0) is 6.54 Å². The summed E-state index contributed by atoms with van der Waals surface area (Å²) in [6, 6.07) is 7.87. The van der Waals surface area contributed by atoms with E-state index < -0.39 is 16.4 Å². The van der Waals surface area contributed by atoms with E-state index >= 15 is 0 Å². The van der Waals surface area contributed by atoms with E-state index in [2.05, 4.69) is 10.3 Å². The van der Waals surface area contributed by atoms with Crippen LogP contribution in [0.1, 0.15) is 24.1 Å². The quantitative estimate of drug-likeness (QED) is 0.672. The molecule has 6 heteroatoms. The number of nitro benzene ring substituents is 1. The average Bonchev–Trinajstić information content (AvgIpc) is 2.46. The summed E-state index contributed by atoms with van der Waals surface area (Å²) in [7, 11) is 0. The summed E-state index contributed by atoms with van der Waals surface area (Å²) in [5.41, 5.74) is 0.742. The van der Waals surface area contributed by atoms with Crippen LogP contribution in [0, 0.1) is 15.9 Å². The largest absolute Gasteiger partial charge is 0.306 e. The van der Waals surface area contributed by atoms with Gasteiger partial charge in [-0.2, -0.15) is 4.39 Å². The third-order valence-corrected chi connectivity index (χ3v) is 3.04. The van der Waals surface area contributed by atoms with Gasteiger partial charge < -0.3 is 5.32 Å². The first kappa shape index (κ1) is 14.1. The van der Waals surface area contributed by atoms with E-state index in [0.29, 0.717) is 0 Å². The first-order valence-corrected chi connectivity index (χ1v) is 6.14. The fourth-order valence-corrected chi connectivity index (χ4v) is 1.86. The molecule has 0 aliphatic heterocycles. The van der Waals surface area contributed by atoms with Crippen LogP contribution in [-0.4, -0.2) is 9.91 Å².